The fourth-order valence-electron chi connectivity index (χ4n) is 2.77. The minimum absolute atomic E-state index is 0.0630. The molecule has 32 heavy (non-hydrogen) atoms. The molecule has 0 fully saturated rings. The summed E-state index contributed by atoms with van der Waals surface area (Å²) in [5, 5.41) is 3.61. The number of hydrogen-bond donors (Lipinski definition) is 1. The zero-order valence-electron chi connectivity index (χ0n) is 16.0. The van der Waals surface area contributed by atoms with Gasteiger partial charge in [-0.25, -0.2) is 8.42 Å². The van der Waals surface area contributed by atoms with Gasteiger partial charge in [0.15, 0.2) is 0 Å². The molecule has 0 bridgehead atoms. The average molecular weight is 478 g/mol. The third kappa shape index (κ3) is 4.46. The van der Waals surface area contributed by atoms with Crippen LogP contribution in [0.3, 0.4) is 0 Å². The van der Waals surface area contributed by atoms with Crippen molar-refractivity contribution in [3.63, 3.8) is 0 Å². The Morgan fingerprint density at radius 3 is 2.31 bits per heavy atom. The van der Waals surface area contributed by atoms with E-state index in [1.807, 2.05) is 0 Å². The maximum Gasteiger partial charge on any atom is 0.433 e. The van der Waals surface area contributed by atoms with Crippen LogP contribution in [0.4, 0.5) is 13.2 Å². The van der Waals surface area contributed by atoms with E-state index >= 15 is 0 Å². The Morgan fingerprint density at radius 2 is 1.72 bits per heavy atom. The predicted molar refractivity (Wildman–Crippen MR) is 110 cm³/mol. The predicted octanol–water partition coefficient (Wildman–Crippen LogP) is 3.87. The van der Waals surface area contributed by atoms with Crippen molar-refractivity contribution in [2.45, 2.75) is 22.5 Å². The highest BCUT2D eigenvalue weighted by molar-refractivity contribution is 7.91. The van der Waals surface area contributed by atoms with E-state index in [-0.39, 0.29) is 22.2 Å². The molecule has 0 unspecified atom stereocenters. The molecule has 0 saturated heterocycles. The van der Waals surface area contributed by atoms with Gasteiger partial charge in [0.25, 0.3) is 5.91 Å². The summed E-state index contributed by atoms with van der Waals surface area (Å²) in [7, 11) is -4.09. The largest absolute Gasteiger partial charge is 0.433 e. The lowest BCUT2D eigenvalue weighted by Gasteiger charge is -2.08. The van der Waals surface area contributed by atoms with Crippen molar-refractivity contribution in [1.82, 2.24) is 20.3 Å². The third-order valence-electron chi connectivity index (χ3n) is 4.42. The minimum Gasteiger partial charge on any atom is -0.346 e. The van der Waals surface area contributed by atoms with Crippen molar-refractivity contribution in [3.8, 4) is 0 Å². The first-order valence-electron chi connectivity index (χ1n) is 8.99. The fourth-order valence-corrected chi connectivity index (χ4v) is 4.87. The number of thiophene rings is 1. The molecule has 1 N–H and O–H groups in total. The molecule has 4 rings (SSSR count). The maximum absolute atomic E-state index is 12.6. The number of carbonyl (C=O) groups excluding carboxylic acids is 1. The van der Waals surface area contributed by atoms with Gasteiger partial charge in [0.05, 0.1) is 31.6 Å². The Balaban J connectivity index is 1.44. The summed E-state index contributed by atoms with van der Waals surface area (Å²) in [6.07, 6.45) is 0.385. The molecule has 7 nitrogen and oxygen atoms in total. The van der Waals surface area contributed by atoms with Crippen molar-refractivity contribution in [3.05, 3.63) is 77.5 Å². The van der Waals surface area contributed by atoms with Crippen molar-refractivity contribution < 1.29 is 26.4 Å². The summed E-state index contributed by atoms with van der Waals surface area (Å²) in [4.78, 5) is 23.5. The smallest absolute Gasteiger partial charge is 0.346 e. The molecule has 4 aromatic heterocycles. The van der Waals surface area contributed by atoms with Crippen LogP contribution in [0.15, 0.2) is 71.0 Å². The maximum atomic E-state index is 12.6. The van der Waals surface area contributed by atoms with Gasteiger partial charge >= 0.3 is 6.18 Å². The number of nitrogens with one attached hydrogen (secondary N) is 1. The number of fused-ring (bicyclic) bond motifs is 1. The van der Waals surface area contributed by atoms with Crippen LogP contribution in [-0.2, 0) is 22.6 Å². The van der Waals surface area contributed by atoms with E-state index < -0.39 is 21.7 Å². The van der Waals surface area contributed by atoms with E-state index in [0.717, 1.165) is 22.3 Å². The van der Waals surface area contributed by atoms with E-state index in [2.05, 4.69) is 20.3 Å². The second-order valence-electron chi connectivity index (χ2n) is 6.57. The Labute approximate surface area is 183 Å². The molecule has 0 aliphatic carbocycles. The molecular formula is C20H13F3N4O3S2. The molecule has 164 valence electrons. The van der Waals surface area contributed by atoms with Crippen molar-refractivity contribution in [1.29, 1.82) is 0 Å². The fraction of sp³-hybridized carbons (Fsp3) is 0.100. The van der Waals surface area contributed by atoms with Crippen LogP contribution in [0.25, 0.3) is 10.1 Å². The topological polar surface area (TPSA) is 102 Å². The minimum atomic E-state index is -4.66. The molecule has 4 heterocycles. The van der Waals surface area contributed by atoms with Crippen molar-refractivity contribution >= 4 is 37.2 Å². The van der Waals surface area contributed by atoms with E-state index in [1.165, 1.54) is 23.5 Å². The lowest BCUT2D eigenvalue weighted by Crippen LogP contribution is -2.22. The van der Waals surface area contributed by atoms with Crippen LogP contribution in [0.1, 0.15) is 21.1 Å². The lowest BCUT2D eigenvalue weighted by atomic mass is 10.3. The number of hydrogen-bond acceptors (Lipinski definition) is 7. The quantitative estimate of drug-likeness (QED) is 0.467. The standard InChI is InChI=1S/C20H13F3N4O3S2/c21-20(22,23)18-4-3-15(10-26-18)32(29,30)14-2-1-13(25-9-14)8-27-19(28)16-7-12-5-6-24-11-17(12)31-16/h1-7,9-11H,8H2,(H,27,28). The Hall–Kier alpha value is -3.38. The van der Waals surface area contributed by atoms with Crippen LogP contribution in [0.2, 0.25) is 0 Å². The highest BCUT2D eigenvalue weighted by Crippen LogP contribution is 2.29. The molecule has 12 heteroatoms. The van der Waals surface area contributed by atoms with Crippen LogP contribution in [-0.4, -0.2) is 29.3 Å². The van der Waals surface area contributed by atoms with Gasteiger partial charge in [-0.1, -0.05) is 0 Å². The Kier molecular flexibility index (Phi) is 5.65. The third-order valence-corrected chi connectivity index (χ3v) is 7.23. The number of amides is 1. The van der Waals surface area contributed by atoms with Crippen LogP contribution >= 0.6 is 11.3 Å². The summed E-state index contributed by atoms with van der Waals surface area (Å²) < 4.78 is 64.0. The van der Waals surface area contributed by atoms with E-state index in [4.69, 9.17) is 0 Å². The normalized spacial score (nSPS) is 12.1. The number of halogens is 3. The first-order valence-corrected chi connectivity index (χ1v) is 11.3. The molecule has 0 atom stereocenters. The first-order chi connectivity index (χ1) is 15.1. The SMILES string of the molecule is O=C(NCc1ccc(S(=O)(=O)c2ccc(C(F)(F)F)nc2)cn1)c1cc2ccncc2s1. The Morgan fingerprint density at radius 1 is 1.00 bits per heavy atom. The van der Waals surface area contributed by atoms with E-state index in [9.17, 15) is 26.4 Å². The molecule has 4 aromatic rings. The number of rotatable bonds is 5. The highest BCUT2D eigenvalue weighted by atomic mass is 32.2. The molecule has 0 aliphatic heterocycles. The van der Waals surface area contributed by atoms with Gasteiger partial charge in [-0.05, 0) is 41.8 Å². The summed E-state index contributed by atoms with van der Waals surface area (Å²) >= 11 is 1.30. The zero-order chi connectivity index (χ0) is 22.9. The molecule has 0 spiro atoms. The Bertz CT molecular complexity index is 1350. The molecule has 0 radical (unpaired) electrons. The number of aromatic nitrogens is 3. The lowest BCUT2D eigenvalue weighted by molar-refractivity contribution is -0.141. The van der Waals surface area contributed by atoms with Gasteiger partial charge in [0.2, 0.25) is 9.84 Å². The highest BCUT2D eigenvalue weighted by Gasteiger charge is 2.32. The summed E-state index contributed by atoms with van der Waals surface area (Å²) in [6, 6.07) is 7.69. The van der Waals surface area contributed by atoms with Gasteiger partial charge in [-0.2, -0.15) is 13.2 Å². The zero-order valence-corrected chi connectivity index (χ0v) is 17.6. The van der Waals surface area contributed by atoms with Gasteiger partial charge < -0.3 is 5.32 Å². The average Bonchev–Trinajstić information content (AvgIpc) is 3.22. The van der Waals surface area contributed by atoms with Gasteiger partial charge in [-0.3, -0.25) is 19.7 Å². The van der Waals surface area contributed by atoms with Crippen molar-refractivity contribution in [2.75, 3.05) is 0 Å². The van der Waals surface area contributed by atoms with Crippen LogP contribution in [0.5, 0.6) is 0 Å². The number of carbonyl (C=O) groups is 1. The monoisotopic (exact) mass is 478 g/mol. The van der Waals surface area contributed by atoms with Gasteiger partial charge in [0, 0.05) is 24.8 Å². The molecule has 1 amide bonds. The molecule has 0 aromatic carbocycles. The van der Waals surface area contributed by atoms with E-state index in [1.54, 1.807) is 24.5 Å². The van der Waals surface area contributed by atoms with Crippen molar-refractivity contribution in [2.24, 2.45) is 0 Å². The second-order valence-corrected chi connectivity index (χ2v) is 9.61. The molecular weight excluding hydrogens is 465 g/mol. The number of pyridine rings is 3. The van der Waals surface area contributed by atoms with Gasteiger partial charge in [0.1, 0.15) is 5.69 Å². The number of sulfone groups is 1. The number of alkyl halides is 3. The second kappa shape index (κ2) is 8.28. The summed E-state index contributed by atoms with van der Waals surface area (Å²) in [5.41, 5.74) is -0.777. The van der Waals surface area contributed by atoms with Crippen LogP contribution in [0, 0.1) is 0 Å². The molecule has 0 aliphatic rings. The van der Waals surface area contributed by atoms with E-state index in [0.29, 0.717) is 22.8 Å². The number of nitrogens with zero attached hydrogens (tertiary/aromatic N) is 3. The van der Waals surface area contributed by atoms with Gasteiger partial charge in [-0.15, -0.1) is 11.3 Å². The summed E-state index contributed by atoms with van der Waals surface area (Å²) in [5.74, 6) is -0.305. The molecule has 0 saturated carbocycles. The summed E-state index contributed by atoms with van der Waals surface area (Å²) in [6.45, 7) is 0.0630. The van der Waals surface area contributed by atoms with Crippen LogP contribution < -0.4 is 5.32 Å². The first kappa shape index (κ1) is 21.8.